The average Bonchev–Trinajstić information content (AvgIpc) is 2.94. The van der Waals surface area contributed by atoms with Gasteiger partial charge in [-0.25, -0.2) is 4.98 Å². The first-order valence-electron chi connectivity index (χ1n) is 6.13. The zero-order chi connectivity index (χ0) is 13.2. The molecule has 0 saturated carbocycles. The van der Waals surface area contributed by atoms with Crippen LogP contribution in [-0.4, -0.2) is 17.1 Å². The monoisotopic (exact) mass is 253 g/mol. The summed E-state index contributed by atoms with van der Waals surface area (Å²) in [7, 11) is 1.68. The summed E-state index contributed by atoms with van der Waals surface area (Å²) in [5, 5.41) is 0. The van der Waals surface area contributed by atoms with Crippen molar-refractivity contribution in [3.8, 4) is 16.9 Å². The predicted octanol–water partition coefficient (Wildman–Crippen LogP) is 2.70. The largest absolute Gasteiger partial charge is 0.496 e. The lowest BCUT2D eigenvalue weighted by Gasteiger charge is -2.12. The van der Waals surface area contributed by atoms with Crippen LogP contribution in [0.4, 0.5) is 0 Å². The number of ether oxygens (including phenoxy) is 1. The molecule has 96 valence electrons. The molecule has 0 aliphatic heterocycles. The van der Waals surface area contributed by atoms with E-state index in [0.717, 1.165) is 33.5 Å². The minimum atomic E-state index is 0.451. The van der Waals surface area contributed by atoms with Crippen LogP contribution in [0.15, 0.2) is 42.7 Å². The molecule has 1 aromatic heterocycles. The van der Waals surface area contributed by atoms with E-state index in [-0.39, 0.29) is 0 Å². The van der Waals surface area contributed by atoms with E-state index in [1.807, 2.05) is 36.4 Å². The highest BCUT2D eigenvalue weighted by Gasteiger charge is 2.12. The Balaban J connectivity index is 2.29. The highest BCUT2D eigenvalue weighted by Crippen LogP contribution is 2.34. The van der Waals surface area contributed by atoms with Gasteiger partial charge < -0.3 is 15.5 Å². The second-order valence-electron chi connectivity index (χ2n) is 4.29. The van der Waals surface area contributed by atoms with Crippen molar-refractivity contribution in [3.63, 3.8) is 0 Å². The van der Waals surface area contributed by atoms with Crippen LogP contribution >= 0.6 is 0 Å². The van der Waals surface area contributed by atoms with Crippen LogP contribution in [0.25, 0.3) is 22.2 Å². The van der Waals surface area contributed by atoms with E-state index < -0.39 is 0 Å². The lowest BCUT2D eigenvalue weighted by atomic mass is 9.97. The Labute approximate surface area is 111 Å². The summed E-state index contributed by atoms with van der Waals surface area (Å²) in [5.41, 5.74) is 11.0. The molecule has 3 aromatic rings. The molecule has 3 N–H and O–H groups in total. The molecular formula is C15H15N3O. The lowest BCUT2D eigenvalue weighted by Crippen LogP contribution is -2.01. The van der Waals surface area contributed by atoms with Gasteiger partial charge in [-0.15, -0.1) is 0 Å². The number of nitrogens with zero attached hydrogens (tertiary/aromatic N) is 1. The first kappa shape index (κ1) is 11.7. The van der Waals surface area contributed by atoms with Crippen LogP contribution in [0.2, 0.25) is 0 Å². The number of imidazole rings is 1. The number of H-pyrrole nitrogens is 1. The van der Waals surface area contributed by atoms with Gasteiger partial charge in [-0.05, 0) is 23.3 Å². The fraction of sp³-hybridized carbons (Fsp3) is 0.133. The fourth-order valence-corrected chi connectivity index (χ4v) is 2.40. The fourth-order valence-electron chi connectivity index (χ4n) is 2.40. The van der Waals surface area contributed by atoms with Crippen LogP contribution < -0.4 is 10.5 Å². The van der Waals surface area contributed by atoms with Gasteiger partial charge in [0, 0.05) is 12.1 Å². The van der Waals surface area contributed by atoms with Gasteiger partial charge in [0.05, 0.1) is 24.5 Å². The Hall–Kier alpha value is -2.33. The molecule has 0 aliphatic carbocycles. The third-order valence-corrected chi connectivity index (χ3v) is 3.30. The molecule has 0 aliphatic rings. The summed E-state index contributed by atoms with van der Waals surface area (Å²) in [6.45, 7) is 0.451. The van der Waals surface area contributed by atoms with Crippen molar-refractivity contribution in [1.82, 2.24) is 9.97 Å². The third kappa shape index (κ3) is 1.86. The standard InChI is InChI=1S/C15H15N3O/c1-19-14-5-3-2-4-11(14)10-6-7-13-15(12(10)8-16)18-9-17-13/h2-7,9H,8,16H2,1H3,(H,17,18). The second-order valence-corrected chi connectivity index (χ2v) is 4.29. The Morgan fingerprint density at radius 3 is 2.79 bits per heavy atom. The second kappa shape index (κ2) is 4.74. The molecule has 2 aromatic carbocycles. The number of benzene rings is 2. The number of aromatic nitrogens is 2. The number of fused-ring (bicyclic) bond motifs is 1. The maximum atomic E-state index is 5.92. The van der Waals surface area contributed by atoms with Crippen molar-refractivity contribution in [1.29, 1.82) is 0 Å². The SMILES string of the molecule is COc1ccccc1-c1ccc2nc[nH]c2c1CN. The first-order chi connectivity index (χ1) is 9.35. The molecule has 0 bridgehead atoms. The van der Waals surface area contributed by atoms with Crippen molar-refractivity contribution < 1.29 is 4.74 Å². The molecule has 4 nitrogen and oxygen atoms in total. The number of methoxy groups -OCH3 is 1. The van der Waals surface area contributed by atoms with E-state index in [1.54, 1.807) is 13.4 Å². The molecule has 0 fully saturated rings. The summed E-state index contributed by atoms with van der Waals surface area (Å²) in [5.74, 6) is 0.844. The molecule has 0 unspecified atom stereocenters. The predicted molar refractivity (Wildman–Crippen MR) is 76.0 cm³/mol. The number of para-hydroxylation sites is 1. The summed E-state index contributed by atoms with van der Waals surface area (Å²) < 4.78 is 5.43. The quantitative estimate of drug-likeness (QED) is 0.754. The molecule has 3 rings (SSSR count). The molecule has 0 spiro atoms. The highest BCUT2D eigenvalue weighted by molar-refractivity contribution is 5.88. The smallest absolute Gasteiger partial charge is 0.126 e. The lowest BCUT2D eigenvalue weighted by molar-refractivity contribution is 0.416. The molecule has 0 saturated heterocycles. The molecule has 0 atom stereocenters. The van der Waals surface area contributed by atoms with E-state index in [2.05, 4.69) is 9.97 Å². The van der Waals surface area contributed by atoms with Gasteiger partial charge >= 0.3 is 0 Å². The van der Waals surface area contributed by atoms with E-state index in [9.17, 15) is 0 Å². The van der Waals surface area contributed by atoms with Crippen LogP contribution in [0, 0.1) is 0 Å². The maximum absolute atomic E-state index is 5.92. The van der Waals surface area contributed by atoms with E-state index in [1.165, 1.54) is 0 Å². The Morgan fingerprint density at radius 1 is 1.16 bits per heavy atom. The topological polar surface area (TPSA) is 63.9 Å². The minimum absolute atomic E-state index is 0.451. The van der Waals surface area contributed by atoms with Gasteiger partial charge in [-0.2, -0.15) is 0 Å². The number of rotatable bonds is 3. The molecule has 19 heavy (non-hydrogen) atoms. The maximum Gasteiger partial charge on any atom is 0.126 e. The third-order valence-electron chi connectivity index (χ3n) is 3.30. The van der Waals surface area contributed by atoms with Gasteiger partial charge in [-0.1, -0.05) is 24.3 Å². The van der Waals surface area contributed by atoms with Gasteiger partial charge in [0.1, 0.15) is 5.75 Å². The Morgan fingerprint density at radius 2 is 2.00 bits per heavy atom. The first-order valence-corrected chi connectivity index (χ1v) is 6.13. The zero-order valence-corrected chi connectivity index (χ0v) is 10.7. The number of hydrogen-bond donors (Lipinski definition) is 2. The van der Waals surface area contributed by atoms with E-state index >= 15 is 0 Å². The van der Waals surface area contributed by atoms with Crippen molar-refractivity contribution in [2.24, 2.45) is 5.73 Å². The van der Waals surface area contributed by atoms with Crippen molar-refractivity contribution in [2.45, 2.75) is 6.54 Å². The van der Waals surface area contributed by atoms with Crippen molar-refractivity contribution >= 4 is 11.0 Å². The van der Waals surface area contributed by atoms with Crippen LogP contribution in [0.1, 0.15) is 5.56 Å². The average molecular weight is 253 g/mol. The molecule has 1 heterocycles. The normalized spacial score (nSPS) is 10.8. The number of nitrogens with one attached hydrogen (secondary N) is 1. The Kier molecular flexibility index (Phi) is 2.93. The minimum Gasteiger partial charge on any atom is -0.496 e. The number of aromatic amines is 1. The summed E-state index contributed by atoms with van der Waals surface area (Å²) in [4.78, 5) is 7.42. The number of hydrogen-bond acceptors (Lipinski definition) is 3. The molecular weight excluding hydrogens is 238 g/mol. The van der Waals surface area contributed by atoms with E-state index in [4.69, 9.17) is 10.5 Å². The van der Waals surface area contributed by atoms with Crippen molar-refractivity contribution in [3.05, 3.63) is 48.3 Å². The summed E-state index contributed by atoms with van der Waals surface area (Å²) in [6.07, 6.45) is 1.69. The van der Waals surface area contributed by atoms with Crippen molar-refractivity contribution in [2.75, 3.05) is 7.11 Å². The van der Waals surface area contributed by atoms with Gasteiger partial charge in [0.25, 0.3) is 0 Å². The van der Waals surface area contributed by atoms with Crippen LogP contribution in [-0.2, 0) is 6.54 Å². The molecule has 4 heteroatoms. The molecule has 0 radical (unpaired) electrons. The number of nitrogens with two attached hydrogens (primary N) is 1. The van der Waals surface area contributed by atoms with E-state index in [0.29, 0.717) is 6.54 Å². The van der Waals surface area contributed by atoms with Gasteiger partial charge in [0.2, 0.25) is 0 Å². The van der Waals surface area contributed by atoms with Gasteiger partial charge in [-0.3, -0.25) is 0 Å². The van der Waals surface area contributed by atoms with Crippen LogP contribution in [0.5, 0.6) is 5.75 Å². The highest BCUT2D eigenvalue weighted by atomic mass is 16.5. The Bertz CT molecular complexity index is 718. The summed E-state index contributed by atoms with van der Waals surface area (Å²) in [6, 6.07) is 12.0. The van der Waals surface area contributed by atoms with Crippen LogP contribution in [0.3, 0.4) is 0 Å². The van der Waals surface area contributed by atoms with Gasteiger partial charge in [0.15, 0.2) is 0 Å². The summed E-state index contributed by atoms with van der Waals surface area (Å²) >= 11 is 0. The zero-order valence-electron chi connectivity index (χ0n) is 10.7. The molecule has 0 amide bonds.